The number of rotatable bonds is 7. The van der Waals surface area contributed by atoms with Crippen LogP contribution in [0.25, 0.3) is 0 Å². The number of nitrogens with zero attached hydrogens (tertiary/aromatic N) is 1. The largest absolute Gasteiger partial charge is 0.482 e. The van der Waals surface area contributed by atoms with Crippen LogP contribution < -0.4 is 15.4 Å². The number of nitrogens with one attached hydrogen (secondary N) is 2. The van der Waals surface area contributed by atoms with E-state index in [1.807, 2.05) is 6.92 Å². The first-order chi connectivity index (χ1) is 12.6. The van der Waals surface area contributed by atoms with Crippen LogP contribution in [0.15, 0.2) is 18.2 Å². The van der Waals surface area contributed by atoms with E-state index in [0.29, 0.717) is 36.6 Å². The highest BCUT2D eigenvalue weighted by Gasteiger charge is 2.25. The average Bonchev–Trinajstić information content (AvgIpc) is 2.58. The van der Waals surface area contributed by atoms with Crippen LogP contribution in [0.3, 0.4) is 0 Å². The van der Waals surface area contributed by atoms with E-state index in [1.165, 1.54) is 0 Å². The maximum Gasteiger partial charge on any atom is 0.262 e. The van der Waals surface area contributed by atoms with Crippen LogP contribution in [-0.2, 0) is 9.59 Å². The molecule has 2 aliphatic rings. The number of hydrogen-bond donors (Lipinski definition) is 2. The number of anilines is 1. The van der Waals surface area contributed by atoms with Gasteiger partial charge in [-0.3, -0.25) is 14.4 Å². The molecular formula is C19H25N3O4. The molecule has 0 unspecified atom stereocenters. The van der Waals surface area contributed by atoms with Crippen LogP contribution in [-0.4, -0.2) is 48.9 Å². The fourth-order valence-electron chi connectivity index (χ4n) is 3.11. The number of carbonyl (C=O) groups is 3. The molecule has 7 nitrogen and oxygen atoms in total. The van der Waals surface area contributed by atoms with E-state index in [2.05, 4.69) is 10.6 Å². The molecule has 0 bridgehead atoms. The second-order valence-electron chi connectivity index (χ2n) is 6.76. The molecule has 1 fully saturated rings. The van der Waals surface area contributed by atoms with Gasteiger partial charge in [0.2, 0.25) is 5.91 Å². The van der Waals surface area contributed by atoms with E-state index in [-0.39, 0.29) is 30.2 Å². The van der Waals surface area contributed by atoms with Gasteiger partial charge in [-0.1, -0.05) is 13.3 Å². The Kier molecular flexibility index (Phi) is 5.75. The highest BCUT2D eigenvalue weighted by atomic mass is 16.5. The van der Waals surface area contributed by atoms with E-state index in [0.717, 1.165) is 25.7 Å². The van der Waals surface area contributed by atoms with E-state index < -0.39 is 0 Å². The molecule has 3 amide bonds. The van der Waals surface area contributed by atoms with Crippen molar-refractivity contribution in [1.29, 1.82) is 0 Å². The monoisotopic (exact) mass is 359 g/mol. The van der Waals surface area contributed by atoms with Gasteiger partial charge in [-0.15, -0.1) is 0 Å². The fraction of sp³-hybridized carbons (Fsp3) is 0.526. The molecule has 1 heterocycles. The van der Waals surface area contributed by atoms with Crippen LogP contribution >= 0.6 is 0 Å². The third kappa shape index (κ3) is 4.15. The lowest BCUT2D eigenvalue weighted by Crippen LogP contribution is -2.41. The minimum Gasteiger partial charge on any atom is -0.482 e. The van der Waals surface area contributed by atoms with Gasteiger partial charge in [-0.2, -0.15) is 0 Å². The summed E-state index contributed by atoms with van der Waals surface area (Å²) in [5, 5.41) is 5.64. The third-order valence-electron chi connectivity index (χ3n) is 4.80. The lowest BCUT2D eigenvalue weighted by molar-refractivity contribution is -0.127. The normalized spacial score (nSPS) is 16.0. The molecule has 0 atom stereocenters. The van der Waals surface area contributed by atoms with Gasteiger partial charge in [0.1, 0.15) is 5.75 Å². The molecule has 1 aliphatic heterocycles. The predicted octanol–water partition coefficient (Wildman–Crippen LogP) is 1.79. The topological polar surface area (TPSA) is 87.7 Å². The Morgan fingerprint density at radius 2 is 2.12 bits per heavy atom. The standard InChI is InChI=1S/C19H25N3O4/c1-2-9-22(10-8-20-18(24)13-4-3-5-13)19(25)14-6-7-16-15(11-14)21-17(23)12-26-16/h6-7,11,13H,2-5,8-10,12H2,1H3,(H,20,24)(H,21,23). The lowest BCUT2D eigenvalue weighted by atomic mass is 9.85. The minimum absolute atomic E-state index is 0.0110. The molecule has 0 spiro atoms. The van der Waals surface area contributed by atoms with Crippen molar-refractivity contribution in [2.24, 2.45) is 5.92 Å². The Morgan fingerprint density at radius 1 is 1.31 bits per heavy atom. The van der Waals surface area contributed by atoms with Crippen LogP contribution in [0.1, 0.15) is 43.0 Å². The number of ether oxygens (including phenoxy) is 1. The summed E-state index contributed by atoms with van der Waals surface area (Å²) in [4.78, 5) is 38.0. The number of amides is 3. The first-order valence-corrected chi connectivity index (χ1v) is 9.22. The Morgan fingerprint density at radius 3 is 2.81 bits per heavy atom. The molecule has 0 radical (unpaired) electrons. The molecule has 1 aliphatic carbocycles. The summed E-state index contributed by atoms with van der Waals surface area (Å²) >= 11 is 0. The molecule has 140 valence electrons. The quantitative estimate of drug-likeness (QED) is 0.777. The Balaban J connectivity index is 1.61. The van der Waals surface area contributed by atoms with Crippen LogP contribution in [0.5, 0.6) is 5.75 Å². The fourth-order valence-corrected chi connectivity index (χ4v) is 3.11. The Hall–Kier alpha value is -2.57. The van der Waals surface area contributed by atoms with Crippen molar-refractivity contribution in [3.63, 3.8) is 0 Å². The smallest absolute Gasteiger partial charge is 0.262 e. The van der Waals surface area contributed by atoms with Gasteiger partial charge < -0.3 is 20.3 Å². The number of fused-ring (bicyclic) bond motifs is 1. The first-order valence-electron chi connectivity index (χ1n) is 9.22. The van der Waals surface area contributed by atoms with Gasteiger partial charge in [0, 0.05) is 31.1 Å². The number of benzene rings is 1. The van der Waals surface area contributed by atoms with Gasteiger partial charge in [0.05, 0.1) is 5.69 Å². The average molecular weight is 359 g/mol. The highest BCUT2D eigenvalue weighted by Crippen LogP contribution is 2.29. The maximum absolute atomic E-state index is 12.8. The zero-order chi connectivity index (χ0) is 18.5. The van der Waals surface area contributed by atoms with Crippen molar-refractivity contribution in [2.75, 3.05) is 31.6 Å². The van der Waals surface area contributed by atoms with Crippen molar-refractivity contribution >= 4 is 23.4 Å². The predicted molar refractivity (Wildman–Crippen MR) is 97.1 cm³/mol. The molecule has 26 heavy (non-hydrogen) atoms. The molecule has 2 N–H and O–H groups in total. The van der Waals surface area contributed by atoms with E-state index >= 15 is 0 Å². The van der Waals surface area contributed by atoms with Gasteiger partial charge >= 0.3 is 0 Å². The summed E-state index contributed by atoms with van der Waals surface area (Å²) in [5.74, 6) is 0.456. The molecule has 7 heteroatoms. The second-order valence-corrected chi connectivity index (χ2v) is 6.76. The Labute approximate surface area is 153 Å². The van der Waals surface area contributed by atoms with Crippen LogP contribution in [0.4, 0.5) is 5.69 Å². The van der Waals surface area contributed by atoms with Gasteiger partial charge in [-0.25, -0.2) is 0 Å². The number of hydrogen-bond acceptors (Lipinski definition) is 4. The van der Waals surface area contributed by atoms with Crippen molar-refractivity contribution in [1.82, 2.24) is 10.2 Å². The molecule has 0 aromatic heterocycles. The van der Waals surface area contributed by atoms with Crippen LogP contribution in [0.2, 0.25) is 0 Å². The van der Waals surface area contributed by atoms with Crippen molar-refractivity contribution in [2.45, 2.75) is 32.6 Å². The third-order valence-corrected chi connectivity index (χ3v) is 4.80. The molecule has 1 aromatic carbocycles. The molecule has 1 saturated carbocycles. The Bertz CT molecular complexity index is 700. The van der Waals surface area contributed by atoms with E-state index in [1.54, 1.807) is 23.1 Å². The maximum atomic E-state index is 12.8. The summed E-state index contributed by atoms with van der Waals surface area (Å²) in [6.45, 7) is 3.52. The highest BCUT2D eigenvalue weighted by molar-refractivity contribution is 5.99. The summed E-state index contributed by atoms with van der Waals surface area (Å²) in [7, 11) is 0. The zero-order valence-corrected chi connectivity index (χ0v) is 15.0. The summed E-state index contributed by atoms with van der Waals surface area (Å²) < 4.78 is 5.32. The van der Waals surface area contributed by atoms with Gasteiger partial charge in [0.25, 0.3) is 11.8 Å². The van der Waals surface area contributed by atoms with Gasteiger partial charge in [-0.05, 0) is 37.5 Å². The SMILES string of the molecule is CCCN(CCNC(=O)C1CCC1)C(=O)c1ccc2c(c1)NC(=O)CO2. The van der Waals surface area contributed by atoms with Crippen molar-refractivity contribution in [3.05, 3.63) is 23.8 Å². The summed E-state index contributed by atoms with van der Waals surface area (Å²) in [6.07, 6.45) is 3.88. The summed E-state index contributed by atoms with van der Waals surface area (Å²) in [6, 6.07) is 5.04. The molecular weight excluding hydrogens is 334 g/mol. The van der Waals surface area contributed by atoms with Gasteiger partial charge in [0.15, 0.2) is 6.61 Å². The number of carbonyl (C=O) groups excluding carboxylic acids is 3. The zero-order valence-electron chi connectivity index (χ0n) is 15.0. The molecule has 1 aromatic rings. The lowest BCUT2D eigenvalue weighted by Gasteiger charge is -2.26. The first kappa shape index (κ1) is 18.2. The minimum atomic E-state index is -0.230. The van der Waals surface area contributed by atoms with E-state index in [9.17, 15) is 14.4 Å². The molecule has 3 rings (SSSR count). The van der Waals surface area contributed by atoms with Crippen molar-refractivity contribution in [3.8, 4) is 5.75 Å². The molecule has 0 saturated heterocycles. The second kappa shape index (κ2) is 8.21. The van der Waals surface area contributed by atoms with Crippen LogP contribution in [0, 0.1) is 5.92 Å². The van der Waals surface area contributed by atoms with E-state index in [4.69, 9.17) is 4.74 Å². The van der Waals surface area contributed by atoms with Crippen molar-refractivity contribution < 1.29 is 19.1 Å². The summed E-state index contributed by atoms with van der Waals surface area (Å²) in [5.41, 5.74) is 1.01.